The molecule has 128 valence electrons. The molecule has 0 bridgehead atoms. The van der Waals surface area contributed by atoms with Crippen molar-refractivity contribution < 1.29 is 9.52 Å². The first-order valence-electron chi connectivity index (χ1n) is 8.06. The van der Waals surface area contributed by atoms with Crippen molar-refractivity contribution in [1.82, 2.24) is 0 Å². The Morgan fingerprint density at radius 2 is 1.84 bits per heavy atom. The van der Waals surface area contributed by atoms with Gasteiger partial charge in [0.15, 0.2) is 0 Å². The van der Waals surface area contributed by atoms with Crippen molar-refractivity contribution in [2.24, 2.45) is 4.99 Å². The van der Waals surface area contributed by atoms with Crippen LogP contribution in [-0.2, 0) is 5.41 Å². The Hall–Kier alpha value is -2.52. The standard InChI is InChI=1S/C21H20ClNO2/c1-21(2,3)15-7-9-19(24)18(12-15)23-13-17-8-10-20(25-17)14-5-4-6-16(22)11-14/h4-13,24H,1-3H3. The fourth-order valence-electron chi connectivity index (χ4n) is 2.45. The van der Waals surface area contributed by atoms with Gasteiger partial charge >= 0.3 is 0 Å². The molecule has 2 aromatic carbocycles. The quantitative estimate of drug-likeness (QED) is 0.557. The number of rotatable bonds is 3. The Balaban J connectivity index is 1.86. The van der Waals surface area contributed by atoms with Gasteiger partial charge in [0, 0.05) is 10.6 Å². The summed E-state index contributed by atoms with van der Waals surface area (Å²) in [5.74, 6) is 1.47. The summed E-state index contributed by atoms with van der Waals surface area (Å²) >= 11 is 6.02. The Morgan fingerprint density at radius 1 is 1.04 bits per heavy atom. The smallest absolute Gasteiger partial charge is 0.145 e. The predicted molar refractivity (Wildman–Crippen MR) is 103 cm³/mol. The van der Waals surface area contributed by atoms with Crippen molar-refractivity contribution >= 4 is 23.5 Å². The van der Waals surface area contributed by atoms with E-state index in [1.54, 1.807) is 12.3 Å². The van der Waals surface area contributed by atoms with Crippen LogP contribution in [0, 0.1) is 0 Å². The van der Waals surface area contributed by atoms with Crippen molar-refractivity contribution in [3.05, 3.63) is 70.9 Å². The Bertz CT molecular complexity index is 920. The maximum atomic E-state index is 10.0. The number of furan rings is 1. The lowest BCUT2D eigenvalue weighted by molar-refractivity contribution is 0.475. The minimum atomic E-state index is -0.0115. The molecular weight excluding hydrogens is 334 g/mol. The van der Waals surface area contributed by atoms with E-state index in [1.165, 1.54) is 0 Å². The molecule has 0 radical (unpaired) electrons. The third-order valence-corrected chi connectivity index (χ3v) is 4.14. The van der Waals surface area contributed by atoms with Crippen LogP contribution in [0.4, 0.5) is 5.69 Å². The highest BCUT2D eigenvalue weighted by atomic mass is 35.5. The summed E-state index contributed by atoms with van der Waals surface area (Å²) in [6.45, 7) is 6.37. The van der Waals surface area contributed by atoms with E-state index < -0.39 is 0 Å². The summed E-state index contributed by atoms with van der Waals surface area (Å²) in [4.78, 5) is 4.38. The van der Waals surface area contributed by atoms with Gasteiger partial charge in [0.25, 0.3) is 0 Å². The number of aromatic hydroxyl groups is 1. The zero-order chi connectivity index (χ0) is 18.0. The van der Waals surface area contributed by atoms with Crippen molar-refractivity contribution in [3.63, 3.8) is 0 Å². The lowest BCUT2D eigenvalue weighted by Gasteiger charge is -2.19. The van der Waals surface area contributed by atoms with E-state index in [0.29, 0.717) is 16.5 Å². The monoisotopic (exact) mass is 353 g/mol. The second kappa shape index (κ2) is 6.77. The SMILES string of the molecule is CC(C)(C)c1ccc(O)c(N=Cc2ccc(-c3cccc(Cl)c3)o2)c1. The van der Waals surface area contributed by atoms with Gasteiger partial charge in [-0.2, -0.15) is 0 Å². The number of benzene rings is 2. The largest absolute Gasteiger partial charge is 0.506 e. The number of phenolic OH excluding ortho intramolecular Hbond substituents is 1. The molecule has 25 heavy (non-hydrogen) atoms. The molecule has 1 aromatic heterocycles. The van der Waals surface area contributed by atoms with Crippen molar-refractivity contribution in [2.45, 2.75) is 26.2 Å². The Labute approximate surface area is 152 Å². The molecule has 0 amide bonds. The zero-order valence-corrected chi connectivity index (χ0v) is 15.2. The van der Waals surface area contributed by atoms with Crippen LogP contribution in [0.1, 0.15) is 32.1 Å². The Kier molecular flexibility index (Phi) is 4.69. The third-order valence-electron chi connectivity index (χ3n) is 3.91. The van der Waals surface area contributed by atoms with Gasteiger partial charge in [0.05, 0.1) is 6.21 Å². The summed E-state index contributed by atoms with van der Waals surface area (Å²) in [5, 5.41) is 10.7. The number of aliphatic imine (C=N–C) groups is 1. The predicted octanol–water partition coefficient (Wildman–Crippen LogP) is 6.35. The highest BCUT2D eigenvalue weighted by Crippen LogP contribution is 2.32. The minimum Gasteiger partial charge on any atom is -0.506 e. The topological polar surface area (TPSA) is 45.7 Å². The molecule has 0 saturated carbocycles. The first kappa shape index (κ1) is 17.3. The van der Waals surface area contributed by atoms with E-state index in [-0.39, 0.29) is 11.2 Å². The van der Waals surface area contributed by atoms with Crippen LogP contribution in [0.2, 0.25) is 5.02 Å². The van der Waals surface area contributed by atoms with Crippen LogP contribution in [0.3, 0.4) is 0 Å². The van der Waals surface area contributed by atoms with Crippen molar-refractivity contribution in [2.75, 3.05) is 0 Å². The van der Waals surface area contributed by atoms with Crippen molar-refractivity contribution in [1.29, 1.82) is 0 Å². The fourth-order valence-corrected chi connectivity index (χ4v) is 2.64. The van der Waals surface area contributed by atoms with Crippen LogP contribution >= 0.6 is 11.6 Å². The summed E-state index contributed by atoms with van der Waals surface area (Å²) in [5.41, 5.74) is 2.52. The van der Waals surface area contributed by atoms with E-state index in [1.807, 2.05) is 48.5 Å². The third kappa shape index (κ3) is 4.12. The molecule has 0 aliphatic rings. The van der Waals surface area contributed by atoms with Crippen LogP contribution in [0.5, 0.6) is 5.75 Å². The van der Waals surface area contributed by atoms with E-state index >= 15 is 0 Å². The fraction of sp³-hybridized carbons (Fsp3) is 0.190. The van der Waals surface area contributed by atoms with Gasteiger partial charge in [0.2, 0.25) is 0 Å². The normalized spacial score (nSPS) is 12.0. The molecule has 3 aromatic rings. The zero-order valence-electron chi connectivity index (χ0n) is 14.5. The molecule has 1 N–H and O–H groups in total. The average molecular weight is 354 g/mol. The lowest BCUT2D eigenvalue weighted by Crippen LogP contribution is -2.10. The minimum absolute atomic E-state index is 0.0115. The molecule has 0 unspecified atom stereocenters. The lowest BCUT2D eigenvalue weighted by atomic mass is 9.87. The molecule has 3 rings (SSSR count). The van der Waals surface area contributed by atoms with Gasteiger partial charge in [-0.05, 0) is 47.4 Å². The number of hydrogen-bond donors (Lipinski definition) is 1. The van der Waals surface area contributed by atoms with Gasteiger partial charge < -0.3 is 9.52 Å². The number of hydrogen-bond acceptors (Lipinski definition) is 3. The maximum Gasteiger partial charge on any atom is 0.145 e. The number of halogens is 1. The summed E-state index contributed by atoms with van der Waals surface area (Å²) in [7, 11) is 0. The van der Waals surface area contributed by atoms with Crippen LogP contribution in [0.25, 0.3) is 11.3 Å². The average Bonchev–Trinajstić information content (AvgIpc) is 3.02. The summed E-state index contributed by atoms with van der Waals surface area (Å²) < 4.78 is 5.79. The second-order valence-electron chi connectivity index (χ2n) is 6.92. The molecule has 4 heteroatoms. The molecule has 1 heterocycles. The Morgan fingerprint density at radius 3 is 2.56 bits per heavy atom. The molecule has 3 nitrogen and oxygen atoms in total. The number of nitrogens with zero attached hydrogens (tertiary/aromatic N) is 1. The molecule has 0 atom stereocenters. The number of phenols is 1. The van der Waals surface area contributed by atoms with Gasteiger partial charge in [-0.1, -0.05) is 50.6 Å². The second-order valence-corrected chi connectivity index (χ2v) is 7.36. The summed E-state index contributed by atoms with van der Waals surface area (Å²) in [6, 6.07) is 16.7. The van der Waals surface area contributed by atoms with Gasteiger partial charge in [0.1, 0.15) is 23.0 Å². The van der Waals surface area contributed by atoms with Crippen LogP contribution in [-0.4, -0.2) is 11.3 Å². The van der Waals surface area contributed by atoms with Crippen LogP contribution < -0.4 is 0 Å². The summed E-state index contributed by atoms with van der Waals surface area (Å²) in [6.07, 6.45) is 1.61. The van der Waals surface area contributed by atoms with E-state index in [0.717, 1.165) is 16.9 Å². The highest BCUT2D eigenvalue weighted by molar-refractivity contribution is 6.30. The molecule has 0 fully saturated rings. The highest BCUT2D eigenvalue weighted by Gasteiger charge is 2.15. The first-order chi connectivity index (χ1) is 11.8. The van der Waals surface area contributed by atoms with E-state index in [9.17, 15) is 5.11 Å². The molecule has 0 aliphatic carbocycles. The first-order valence-corrected chi connectivity index (χ1v) is 8.44. The van der Waals surface area contributed by atoms with Gasteiger partial charge in [-0.25, -0.2) is 4.99 Å². The van der Waals surface area contributed by atoms with Crippen molar-refractivity contribution in [3.8, 4) is 17.1 Å². The van der Waals surface area contributed by atoms with Gasteiger partial charge in [-0.3, -0.25) is 0 Å². The van der Waals surface area contributed by atoms with Gasteiger partial charge in [-0.15, -0.1) is 0 Å². The molecule has 0 saturated heterocycles. The van der Waals surface area contributed by atoms with E-state index in [4.69, 9.17) is 16.0 Å². The van der Waals surface area contributed by atoms with E-state index in [2.05, 4.69) is 25.8 Å². The molecule has 0 spiro atoms. The van der Waals surface area contributed by atoms with Crippen LogP contribution in [0.15, 0.2) is 64.0 Å². The molecular formula is C21H20ClNO2. The molecule has 0 aliphatic heterocycles. The maximum absolute atomic E-state index is 10.0.